The zero-order valence-corrected chi connectivity index (χ0v) is 11.1. The summed E-state index contributed by atoms with van der Waals surface area (Å²) in [5.41, 5.74) is 8.36. The summed E-state index contributed by atoms with van der Waals surface area (Å²) in [6, 6.07) is 5.75. The van der Waals surface area contributed by atoms with E-state index in [0.717, 1.165) is 38.0 Å². The second-order valence-electron chi connectivity index (χ2n) is 5.16. The molecule has 1 aliphatic heterocycles. The van der Waals surface area contributed by atoms with E-state index in [0.29, 0.717) is 11.3 Å². The van der Waals surface area contributed by atoms with Crippen LogP contribution in [0.2, 0.25) is 0 Å². The van der Waals surface area contributed by atoms with Crippen LogP contribution in [-0.2, 0) is 6.54 Å². The Labute approximate surface area is 108 Å². The standard InChI is InChI=1S/C14H21N3O/c1-16(2)10-11-5-6-12(13(15)9-11)14(18)17-7-3-4-8-17/h5-6,9H,3-4,7-8,10,15H2,1-2H3. The topological polar surface area (TPSA) is 49.6 Å². The highest BCUT2D eigenvalue weighted by Crippen LogP contribution is 2.19. The van der Waals surface area contributed by atoms with E-state index in [1.165, 1.54) is 0 Å². The molecule has 0 aromatic heterocycles. The van der Waals surface area contributed by atoms with E-state index >= 15 is 0 Å². The van der Waals surface area contributed by atoms with Gasteiger partial charge < -0.3 is 15.5 Å². The second-order valence-corrected chi connectivity index (χ2v) is 5.16. The molecule has 1 fully saturated rings. The minimum Gasteiger partial charge on any atom is -0.398 e. The molecule has 18 heavy (non-hydrogen) atoms. The van der Waals surface area contributed by atoms with Gasteiger partial charge in [0, 0.05) is 25.3 Å². The fourth-order valence-electron chi connectivity index (χ4n) is 2.36. The number of anilines is 1. The summed E-state index contributed by atoms with van der Waals surface area (Å²) in [6.07, 6.45) is 2.20. The van der Waals surface area contributed by atoms with Gasteiger partial charge in [-0.1, -0.05) is 6.07 Å². The molecule has 0 saturated carbocycles. The molecule has 0 atom stereocenters. The number of hydrogen-bond donors (Lipinski definition) is 1. The van der Waals surface area contributed by atoms with E-state index in [9.17, 15) is 4.79 Å². The van der Waals surface area contributed by atoms with Gasteiger partial charge in [0.1, 0.15) is 0 Å². The largest absolute Gasteiger partial charge is 0.398 e. The van der Waals surface area contributed by atoms with E-state index < -0.39 is 0 Å². The van der Waals surface area contributed by atoms with E-state index in [1.54, 1.807) is 0 Å². The lowest BCUT2D eigenvalue weighted by Gasteiger charge is -2.17. The number of benzene rings is 1. The molecule has 1 aliphatic rings. The van der Waals surface area contributed by atoms with Crippen molar-refractivity contribution in [2.75, 3.05) is 32.9 Å². The summed E-state index contributed by atoms with van der Waals surface area (Å²) in [5, 5.41) is 0. The molecule has 2 rings (SSSR count). The van der Waals surface area contributed by atoms with Gasteiger partial charge in [-0.05, 0) is 44.6 Å². The average Bonchev–Trinajstić information content (AvgIpc) is 2.80. The lowest BCUT2D eigenvalue weighted by atomic mass is 10.1. The first-order valence-electron chi connectivity index (χ1n) is 6.40. The lowest BCUT2D eigenvalue weighted by Crippen LogP contribution is -2.28. The van der Waals surface area contributed by atoms with Gasteiger partial charge >= 0.3 is 0 Å². The number of rotatable bonds is 3. The number of likely N-dealkylation sites (tertiary alicyclic amines) is 1. The Morgan fingerprint density at radius 2 is 2.00 bits per heavy atom. The van der Waals surface area contributed by atoms with E-state index in [2.05, 4.69) is 4.90 Å². The molecule has 1 heterocycles. The van der Waals surface area contributed by atoms with Gasteiger partial charge in [0.15, 0.2) is 0 Å². The van der Waals surface area contributed by atoms with Gasteiger partial charge in [-0.3, -0.25) is 4.79 Å². The highest BCUT2D eigenvalue weighted by atomic mass is 16.2. The maximum absolute atomic E-state index is 12.2. The molecule has 0 unspecified atom stereocenters. The van der Waals surface area contributed by atoms with Gasteiger partial charge in [0.2, 0.25) is 0 Å². The van der Waals surface area contributed by atoms with Crippen molar-refractivity contribution in [1.29, 1.82) is 0 Å². The van der Waals surface area contributed by atoms with E-state index in [-0.39, 0.29) is 5.91 Å². The van der Waals surface area contributed by atoms with Crippen molar-refractivity contribution in [3.05, 3.63) is 29.3 Å². The third-order valence-corrected chi connectivity index (χ3v) is 3.24. The fourth-order valence-corrected chi connectivity index (χ4v) is 2.36. The van der Waals surface area contributed by atoms with Crippen LogP contribution in [0.4, 0.5) is 5.69 Å². The number of nitrogens with zero attached hydrogens (tertiary/aromatic N) is 2. The predicted molar refractivity (Wildman–Crippen MR) is 73.4 cm³/mol. The number of carbonyl (C=O) groups excluding carboxylic acids is 1. The van der Waals surface area contributed by atoms with Crippen LogP contribution in [0, 0.1) is 0 Å². The van der Waals surface area contributed by atoms with Gasteiger partial charge in [0.05, 0.1) is 5.56 Å². The van der Waals surface area contributed by atoms with Crippen LogP contribution < -0.4 is 5.73 Å². The number of amides is 1. The third kappa shape index (κ3) is 2.82. The highest BCUT2D eigenvalue weighted by molar-refractivity contribution is 5.99. The van der Waals surface area contributed by atoms with Crippen molar-refractivity contribution in [3.63, 3.8) is 0 Å². The summed E-state index contributed by atoms with van der Waals surface area (Å²) in [5.74, 6) is 0.0707. The van der Waals surface area contributed by atoms with Crippen LogP contribution in [0.3, 0.4) is 0 Å². The Morgan fingerprint density at radius 3 is 2.56 bits per heavy atom. The highest BCUT2D eigenvalue weighted by Gasteiger charge is 2.21. The van der Waals surface area contributed by atoms with Gasteiger partial charge in [-0.25, -0.2) is 0 Å². The first-order valence-corrected chi connectivity index (χ1v) is 6.40. The van der Waals surface area contributed by atoms with Gasteiger partial charge in [-0.2, -0.15) is 0 Å². The molecule has 1 aromatic carbocycles. The maximum atomic E-state index is 12.2. The molecule has 0 spiro atoms. The van der Waals surface area contributed by atoms with Crippen molar-refractivity contribution in [1.82, 2.24) is 9.80 Å². The number of nitrogens with two attached hydrogens (primary N) is 1. The van der Waals surface area contributed by atoms with Crippen molar-refractivity contribution in [2.24, 2.45) is 0 Å². The number of carbonyl (C=O) groups is 1. The van der Waals surface area contributed by atoms with Crippen LogP contribution >= 0.6 is 0 Å². The Kier molecular flexibility index (Phi) is 3.87. The molecular weight excluding hydrogens is 226 g/mol. The van der Waals surface area contributed by atoms with Gasteiger partial charge in [-0.15, -0.1) is 0 Å². The lowest BCUT2D eigenvalue weighted by molar-refractivity contribution is 0.0794. The summed E-state index contributed by atoms with van der Waals surface area (Å²) in [6.45, 7) is 2.55. The predicted octanol–water partition coefficient (Wildman–Crippen LogP) is 1.57. The average molecular weight is 247 g/mol. The normalized spacial score (nSPS) is 15.4. The Balaban J connectivity index is 2.16. The quantitative estimate of drug-likeness (QED) is 0.825. The summed E-state index contributed by atoms with van der Waals surface area (Å²) in [4.78, 5) is 16.2. The van der Waals surface area contributed by atoms with Crippen LogP contribution in [0.5, 0.6) is 0 Å². The maximum Gasteiger partial charge on any atom is 0.255 e. The fraction of sp³-hybridized carbons (Fsp3) is 0.500. The van der Waals surface area contributed by atoms with Crippen LogP contribution in [-0.4, -0.2) is 42.9 Å². The molecule has 0 bridgehead atoms. The van der Waals surface area contributed by atoms with Crippen LogP contribution in [0.15, 0.2) is 18.2 Å². The molecule has 0 aliphatic carbocycles. The van der Waals surface area contributed by atoms with Crippen molar-refractivity contribution in [3.8, 4) is 0 Å². The monoisotopic (exact) mass is 247 g/mol. The summed E-state index contributed by atoms with van der Waals surface area (Å²) >= 11 is 0. The summed E-state index contributed by atoms with van der Waals surface area (Å²) in [7, 11) is 4.03. The molecule has 4 heteroatoms. The second kappa shape index (κ2) is 5.40. The third-order valence-electron chi connectivity index (χ3n) is 3.24. The molecular formula is C14H21N3O. The van der Waals surface area contributed by atoms with Crippen molar-refractivity contribution < 1.29 is 4.79 Å². The Hall–Kier alpha value is -1.55. The first kappa shape index (κ1) is 12.9. The Morgan fingerprint density at radius 1 is 1.33 bits per heavy atom. The minimum absolute atomic E-state index is 0.0707. The van der Waals surface area contributed by atoms with Crippen molar-refractivity contribution in [2.45, 2.75) is 19.4 Å². The Bertz CT molecular complexity index is 437. The summed E-state index contributed by atoms with van der Waals surface area (Å²) < 4.78 is 0. The van der Waals surface area contributed by atoms with Crippen LogP contribution in [0.1, 0.15) is 28.8 Å². The molecule has 98 valence electrons. The number of nitrogen functional groups attached to an aromatic ring is 1. The smallest absolute Gasteiger partial charge is 0.255 e. The molecule has 4 nitrogen and oxygen atoms in total. The molecule has 2 N–H and O–H groups in total. The molecule has 1 aromatic rings. The molecule has 0 radical (unpaired) electrons. The SMILES string of the molecule is CN(C)Cc1ccc(C(=O)N2CCCC2)c(N)c1. The van der Waals surface area contributed by atoms with E-state index in [4.69, 9.17) is 5.73 Å². The zero-order valence-electron chi connectivity index (χ0n) is 11.1. The van der Waals surface area contributed by atoms with Crippen LogP contribution in [0.25, 0.3) is 0 Å². The van der Waals surface area contributed by atoms with Crippen molar-refractivity contribution >= 4 is 11.6 Å². The molecule has 1 amide bonds. The molecule has 1 saturated heterocycles. The minimum atomic E-state index is 0.0707. The zero-order chi connectivity index (χ0) is 13.1. The van der Waals surface area contributed by atoms with E-state index in [1.807, 2.05) is 37.2 Å². The first-order chi connectivity index (χ1) is 8.58. The number of hydrogen-bond acceptors (Lipinski definition) is 3. The van der Waals surface area contributed by atoms with Gasteiger partial charge in [0.25, 0.3) is 5.91 Å².